The summed E-state index contributed by atoms with van der Waals surface area (Å²) in [6, 6.07) is 2.86. The summed E-state index contributed by atoms with van der Waals surface area (Å²) in [4.78, 5) is 28.2. The molecule has 0 aliphatic carbocycles. The molecule has 1 heterocycles. The lowest BCUT2D eigenvalue weighted by Crippen LogP contribution is -2.42. The van der Waals surface area contributed by atoms with E-state index in [0.29, 0.717) is 11.1 Å². The molecule has 1 aromatic carbocycles. The molecule has 1 aliphatic rings. The van der Waals surface area contributed by atoms with Gasteiger partial charge in [-0.25, -0.2) is 4.79 Å². The molecule has 1 saturated heterocycles. The van der Waals surface area contributed by atoms with Crippen LogP contribution in [0.3, 0.4) is 0 Å². The van der Waals surface area contributed by atoms with Gasteiger partial charge in [-0.2, -0.15) is 18.2 Å². The van der Waals surface area contributed by atoms with Crippen LogP contribution in [0.2, 0.25) is 0 Å². The summed E-state index contributed by atoms with van der Waals surface area (Å²) in [5, 5.41) is 3.08. The number of carbonyl (C=O) groups is 2. The molecular formula is C15H17F3N2O4. The highest BCUT2D eigenvalue weighted by molar-refractivity contribution is 5.93. The highest BCUT2D eigenvalue weighted by Crippen LogP contribution is 2.40. The maximum absolute atomic E-state index is 13.3. The lowest BCUT2D eigenvalue weighted by Gasteiger charge is -2.22. The van der Waals surface area contributed by atoms with Crippen LogP contribution in [0.4, 0.5) is 23.7 Å². The van der Waals surface area contributed by atoms with Crippen LogP contribution >= 0.6 is 0 Å². The van der Waals surface area contributed by atoms with E-state index in [-0.39, 0.29) is 18.8 Å². The second kappa shape index (κ2) is 6.31. The molecule has 1 aromatic rings. The number of amides is 2. The molecule has 9 heteroatoms. The van der Waals surface area contributed by atoms with Crippen molar-refractivity contribution in [3.05, 3.63) is 23.8 Å². The van der Waals surface area contributed by atoms with Gasteiger partial charge in [0, 0.05) is 5.54 Å². The zero-order valence-corrected chi connectivity index (χ0v) is 13.4. The van der Waals surface area contributed by atoms with E-state index in [1.165, 1.54) is 6.07 Å². The second-order valence-electron chi connectivity index (χ2n) is 6.21. The van der Waals surface area contributed by atoms with Gasteiger partial charge in [-0.1, -0.05) is 0 Å². The van der Waals surface area contributed by atoms with E-state index in [0.717, 1.165) is 6.07 Å². The topological polar surface area (TPSA) is 67.9 Å². The van der Waals surface area contributed by atoms with Crippen molar-refractivity contribution in [2.24, 2.45) is 0 Å². The predicted molar refractivity (Wildman–Crippen MR) is 78.4 cm³/mol. The fourth-order valence-electron chi connectivity index (χ4n) is 2.02. The van der Waals surface area contributed by atoms with Crippen LogP contribution < -0.4 is 15.1 Å². The van der Waals surface area contributed by atoms with Crippen molar-refractivity contribution in [3.8, 4) is 5.75 Å². The van der Waals surface area contributed by atoms with Crippen LogP contribution in [0.1, 0.15) is 32.8 Å². The van der Waals surface area contributed by atoms with Crippen molar-refractivity contribution in [1.29, 1.82) is 0 Å². The Balaban J connectivity index is 2.30. The average molecular weight is 346 g/mol. The second-order valence-corrected chi connectivity index (χ2v) is 6.21. The number of alkyl halides is 3. The highest BCUT2D eigenvalue weighted by atomic mass is 19.4. The number of hydrogen-bond acceptors (Lipinski definition) is 4. The van der Waals surface area contributed by atoms with Crippen molar-refractivity contribution in [2.45, 2.75) is 38.9 Å². The number of nitrogens with one attached hydrogen (secondary N) is 1. The van der Waals surface area contributed by atoms with E-state index in [1.54, 1.807) is 20.8 Å². The first-order valence-corrected chi connectivity index (χ1v) is 7.14. The van der Waals surface area contributed by atoms with Gasteiger partial charge in [0.25, 0.3) is 5.91 Å². The van der Waals surface area contributed by atoms with E-state index in [1.807, 2.05) is 0 Å². The lowest BCUT2D eigenvalue weighted by molar-refractivity contribution is -0.137. The average Bonchev–Trinajstić information content (AvgIpc) is 2.81. The first-order valence-electron chi connectivity index (χ1n) is 7.14. The van der Waals surface area contributed by atoms with E-state index in [2.05, 4.69) is 5.32 Å². The summed E-state index contributed by atoms with van der Waals surface area (Å²) < 4.78 is 44.7. The van der Waals surface area contributed by atoms with E-state index in [4.69, 9.17) is 9.57 Å². The third kappa shape index (κ3) is 4.38. The maximum atomic E-state index is 13.3. The molecule has 2 rings (SSSR count). The Morgan fingerprint density at radius 3 is 2.46 bits per heavy atom. The van der Waals surface area contributed by atoms with Gasteiger partial charge in [-0.15, -0.1) is 0 Å². The van der Waals surface area contributed by atoms with Crippen LogP contribution in [0.15, 0.2) is 18.2 Å². The van der Waals surface area contributed by atoms with Crippen LogP contribution in [-0.2, 0) is 15.8 Å². The van der Waals surface area contributed by atoms with E-state index in [9.17, 15) is 22.8 Å². The number of anilines is 1. The van der Waals surface area contributed by atoms with E-state index >= 15 is 0 Å². The number of nitrogens with zero attached hydrogens (tertiary/aromatic N) is 1. The summed E-state index contributed by atoms with van der Waals surface area (Å²) in [5.74, 6) is -0.862. The highest BCUT2D eigenvalue weighted by Gasteiger charge is 2.38. The minimum absolute atomic E-state index is 0.00351. The third-order valence-electron chi connectivity index (χ3n) is 2.94. The van der Waals surface area contributed by atoms with Gasteiger partial charge in [-0.3, -0.25) is 9.63 Å². The predicted octanol–water partition coefficient (Wildman–Crippen LogP) is 3.26. The number of rotatable bonds is 2. The summed E-state index contributed by atoms with van der Waals surface area (Å²) in [7, 11) is 0. The van der Waals surface area contributed by atoms with Crippen LogP contribution in [0.5, 0.6) is 5.75 Å². The first-order chi connectivity index (χ1) is 11.0. The van der Waals surface area contributed by atoms with Crippen LogP contribution in [-0.4, -0.2) is 24.1 Å². The standard InChI is InChI=1S/C15H17F3N2O4/c1-14(2,3)19-13(22)24-9-4-5-11(10(8-9)15(16,17)18)20-12(21)6-7-23-20/h4-5,8H,6-7H2,1-3H3,(H,19,22). The Morgan fingerprint density at radius 1 is 1.29 bits per heavy atom. The summed E-state index contributed by atoms with van der Waals surface area (Å²) >= 11 is 0. The van der Waals surface area contributed by atoms with Crippen molar-refractivity contribution in [1.82, 2.24) is 5.32 Å². The van der Waals surface area contributed by atoms with Crippen molar-refractivity contribution >= 4 is 17.7 Å². The van der Waals surface area contributed by atoms with Crippen LogP contribution in [0.25, 0.3) is 0 Å². The number of carbonyl (C=O) groups excluding carboxylic acids is 2. The fraction of sp³-hybridized carbons (Fsp3) is 0.467. The normalized spacial score (nSPS) is 15.6. The van der Waals surface area contributed by atoms with Gasteiger partial charge in [0.05, 0.1) is 24.3 Å². The van der Waals surface area contributed by atoms with Gasteiger partial charge < -0.3 is 10.1 Å². The fourth-order valence-corrected chi connectivity index (χ4v) is 2.02. The summed E-state index contributed by atoms with van der Waals surface area (Å²) in [6.07, 6.45) is -5.62. The Kier molecular flexibility index (Phi) is 4.75. The number of benzene rings is 1. The molecule has 1 aliphatic heterocycles. The number of ether oxygens (including phenoxy) is 1. The molecule has 0 spiro atoms. The summed E-state index contributed by atoms with van der Waals surface area (Å²) in [6.45, 7) is 5.13. The molecule has 6 nitrogen and oxygen atoms in total. The molecule has 0 radical (unpaired) electrons. The van der Waals surface area contributed by atoms with Gasteiger partial charge >= 0.3 is 12.3 Å². The Morgan fingerprint density at radius 2 is 1.96 bits per heavy atom. The molecule has 132 valence electrons. The smallest absolute Gasteiger partial charge is 0.410 e. The largest absolute Gasteiger partial charge is 0.418 e. The number of hydrogen-bond donors (Lipinski definition) is 1. The van der Waals surface area contributed by atoms with Gasteiger partial charge in [0.2, 0.25) is 0 Å². The zero-order chi connectivity index (χ0) is 18.1. The monoisotopic (exact) mass is 346 g/mol. The van der Waals surface area contributed by atoms with Crippen LogP contribution in [0, 0.1) is 0 Å². The SMILES string of the molecule is CC(C)(C)NC(=O)Oc1ccc(N2OCCC2=O)c(C(F)(F)F)c1. The molecule has 0 aromatic heterocycles. The maximum Gasteiger partial charge on any atom is 0.418 e. The quantitative estimate of drug-likeness (QED) is 0.892. The van der Waals surface area contributed by atoms with Crippen molar-refractivity contribution in [2.75, 3.05) is 11.7 Å². The number of halogens is 3. The first kappa shape index (κ1) is 18.1. The molecular weight excluding hydrogens is 329 g/mol. The zero-order valence-electron chi connectivity index (χ0n) is 13.4. The van der Waals surface area contributed by atoms with Crippen molar-refractivity contribution < 1.29 is 32.3 Å². The minimum atomic E-state index is -4.75. The van der Waals surface area contributed by atoms with Crippen molar-refractivity contribution in [3.63, 3.8) is 0 Å². The molecule has 1 fully saturated rings. The molecule has 24 heavy (non-hydrogen) atoms. The minimum Gasteiger partial charge on any atom is -0.410 e. The Hall–Kier alpha value is -2.29. The van der Waals surface area contributed by atoms with E-state index < -0.39 is 35.0 Å². The summed E-state index contributed by atoms with van der Waals surface area (Å²) in [5.41, 5.74) is -2.16. The van der Waals surface area contributed by atoms with Gasteiger partial charge in [0.1, 0.15) is 5.75 Å². The molecule has 1 N–H and O–H groups in total. The molecule has 0 bridgehead atoms. The molecule has 0 atom stereocenters. The lowest BCUT2D eigenvalue weighted by atomic mass is 10.1. The third-order valence-corrected chi connectivity index (χ3v) is 2.94. The Labute approximate surface area is 136 Å². The molecule has 2 amide bonds. The Bertz CT molecular complexity index is 653. The number of hydroxylamine groups is 1. The van der Waals surface area contributed by atoms with Gasteiger partial charge in [-0.05, 0) is 39.0 Å². The van der Waals surface area contributed by atoms with Gasteiger partial charge in [0.15, 0.2) is 0 Å². The molecule has 0 saturated carbocycles. The molecule has 0 unspecified atom stereocenters.